The van der Waals surface area contributed by atoms with E-state index in [-0.39, 0.29) is 16.7 Å². The van der Waals surface area contributed by atoms with Crippen LogP contribution in [0.2, 0.25) is 0 Å². The molecule has 96 valence electrons. The van der Waals surface area contributed by atoms with Crippen molar-refractivity contribution in [2.24, 2.45) is 11.8 Å². The van der Waals surface area contributed by atoms with Gasteiger partial charge in [-0.05, 0) is 12.3 Å². The molecule has 0 aromatic carbocycles. The predicted molar refractivity (Wildman–Crippen MR) is 70.0 cm³/mol. The third-order valence-electron chi connectivity index (χ3n) is 2.77. The lowest BCUT2D eigenvalue weighted by Crippen LogP contribution is -2.33. The van der Waals surface area contributed by atoms with Crippen molar-refractivity contribution in [2.75, 3.05) is 0 Å². The van der Waals surface area contributed by atoms with E-state index >= 15 is 0 Å². The smallest absolute Gasteiger partial charge is 0.304 e. The van der Waals surface area contributed by atoms with Crippen LogP contribution in [0, 0.1) is 11.8 Å². The number of hydrogen-bond acceptors (Lipinski definition) is 3. The number of thiazole rings is 1. The first-order valence-corrected chi connectivity index (χ1v) is 6.87. The molecule has 0 aliphatic carbocycles. The number of amides is 1. The molecular formula is C12H20N2O2S. The summed E-state index contributed by atoms with van der Waals surface area (Å²) in [6, 6.07) is 0. The first-order valence-electron chi connectivity index (χ1n) is 5.99. The summed E-state index contributed by atoms with van der Waals surface area (Å²) in [5.74, 6) is 0.482. The molecule has 17 heavy (non-hydrogen) atoms. The van der Waals surface area contributed by atoms with Gasteiger partial charge in [-0.3, -0.25) is 9.59 Å². The summed E-state index contributed by atoms with van der Waals surface area (Å²) >= 11 is 1.12. The van der Waals surface area contributed by atoms with Gasteiger partial charge in [-0.15, -0.1) is 0 Å². The maximum atomic E-state index is 12.0. The Balaban J connectivity index is 2.49. The SMILES string of the molecule is CCC[C@H](C(=O)NCc1csc(=O)[nH]1)C(C)C. The van der Waals surface area contributed by atoms with E-state index in [4.69, 9.17) is 0 Å². The number of hydrogen-bond donors (Lipinski definition) is 2. The minimum atomic E-state index is -0.0804. The molecule has 1 aromatic rings. The first-order chi connectivity index (χ1) is 8.04. The molecule has 0 radical (unpaired) electrons. The van der Waals surface area contributed by atoms with Gasteiger partial charge in [0.15, 0.2) is 0 Å². The highest BCUT2D eigenvalue weighted by atomic mass is 32.1. The topological polar surface area (TPSA) is 62.0 Å². The number of carbonyl (C=O) groups is 1. The van der Waals surface area contributed by atoms with Gasteiger partial charge in [0.2, 0.25) is 5.91 Å². The minimum absolute atomic E-state index is 0.0605. The maximum absolute atomic E-state index is 12.0. The average molecular weight is 256 g/mol. The summed E-state index contributed by atoms with van der Waals surface area (Å²) in [5, 5.41) is 4.62. The molecule has 0 spiro atoms. The summed E-state index contributed by atoms with van der Waals surface area (Å²) in [6.07, 6.45) is 1.91. The van der Waals surface area contributed by atoms with Crippen LogP contribution >= 0.6 is 11.3 Å². The van der Waals surface area contributed by atoms with E-state index in [1.165, 1.54) is 0 Å². The zero-order valence-corrected chi connectivity index (χ0v) is 11.4. The van der Waals surface area contributed by atoms with Crippen LogP contribution < -0.4 is 10.2 Å². The molecule has 1 amide bonds. The van der Waals surface area contributed by atoms with Crippen LogP contribution in [0.1, 0.15) is 39.3 Å². The van der Waals surface area contributed by atoms with Crippen LogP contribution in [0.25, 0.3) is 0 Å². The minimum Gasteiger partial charge on any atom is -0.350 e. The lowest BCUT2D eigenvalue weighted by Gasteiger charge is -2.19. The van der Waals surface area contributed by atoms with Gasteiger partial charge in [0.05, 0.1) is 6.54 Å². The maximum Gasteiger partial charge on any atom is 0.304 e. The van der Waals surface area contributed by atoms with Gasteiger partial charge in [0.25, 0.3) is 0 Å². The molecule has 4 nitrogen and oxygen atoms in total. The molecule has 1 heterocycles. The van der Waals surface area contributed by atoms with Crippen molar-refractivity contribution in [3.05, 3.63) is 20.7 Å². The highest BCUT2D eigenvalue weighted by Gasteiger charge is 2.20. The van der Waals surface area contributed by atoms with E-state index in [9.17, 15) is 9.59 Å². The van der Waals surface area contributed by atoms with Crippen molar-refractivity contribution in [1.82, 2.24) is 10.3 Å². The zero-order chi connectivity index (χ0) is 12.8. The van der Waals surface area contributed by atoms with Crippen LogP contribution in [-0.2, 0) is 11.3 Å². The molecule has 0 fully saturated rings. The molecule has 0 aliphatic heterocycles. The van der Waals surface area contributed by atoms with E-state index in [0.29, 0.717) is 12.5 Å². The number of aromatic nitrogens is 1. The Morgan fingerprint density at radius 1 is 1.53 bits per heavy atom. The van der Waals surface area contributed by atoms with E-state index in [1.54, 1.807) is 5.38 Å². The Morgan fingerprint density at radius 3 is 2.71 bits per heavy atom. The van der Waals surface area contributed by atoms with Crippen molar-refractivity contribution in [3.63, 3.8) is 0 Å². The quantitative estimate of drug-likeness (QED) is 0.819. The molecule has 1 atom stereocenters. The Morgan fingerprint density at radius 2 is 2.24 bits per heavy atom. The second-order valence-corrected chi connectivity index (χ2v) is 5.37. The van der Waals surface area contributed by atoms with Crippen LogP contribution in [0.4, 0.5) is 0 Å². The summed E-state index contributed by atoms with van der Waals surface area (Å²) in [7, 11) is 0. The normalized spacial score (nSPS) is 12.7. The third kappa shape index (κ3) is 4.34. The molecular weight excluding hydrogens is 236 g/mol. The average Bonchev–Trinajstić information content (AvgIpc) is 2.68. The highest BCUT2D eigenvalue weighted by Crippen LogP contribution is 2.17. The lowest BCUT2D eigenvalue weighted by atomic mass is 9.90. The number of aromatic amines is 1. The Hall–Kier alpha value is -1.10. The van der Waals surface area contributed by atoms with Gasteiger partial charge in [-0.1, -0.05) is 38.5 Å². The second-order valence-electron chi connectivity index (χ2n) is 4.53. The summed E-state index contributed by atoms with van der Waals surface area (Å²) in [5.41, 5.74) is 0.771. The third-order valence-corrected chi connectivity index (χ3v) is 3.48. The highest BCUT2D eigenvalue weighted by molar-refractivity contribution is 7.07. The zero-order valence-electron chi connectivity index (χ0n) is 10.6. The van der Waals surface area contributed by atoms with E-state index in [1.807, 2.05) is 0 Å². The predicted octanol–water partition coefficient (Wildman–Crippen LogP) is 2.12. The van der Waals surface area contributed by atoms with E-state index in [2.05, 4.69) is 31.1 Å². The molecule has 0 unspecified atom stereocenters. The fourth-order valence-corrected chi connectivity index (χ4v) is 2.37. The van der Waals surface area contributed by atoms with Crippen LogP contribution in [0.5, 0.6) is 0 Å². The Kier molecular flexibility index (Phi) is 5.41. The number of carbonyl (C=O) groups excluding carboxylic acids is 1. The molecule has 0 aliphatic rings. The van der Waals surface area contributed by atoms with Crippen molar-refractivity contribution in [1.29, 1.82) is 0 Å². The molecule has 1 rings (SSSR count). The second kappa shape index (κ2) is 6.59. The Labute approximate surface area is 105 Å². The standard InChI is InChI=1S/C12H20N2O2S/c1-4-5-10(8(2)3)11(15)13-6-9-7-17-12(16)14-9/h7-8,10H,4-6H2,1-3H3,(H,13,15)(H,14,16)/t10-/m0/s1. The molecule has 5 heteroatoms. The Bertz CT molecular complexity index is 409. The largest absolute Gasteiger partial charge is 0.350 e. The fraction of sp³-hybridized carbons (Fsp3) is 0.667. The van der Waals surface area contributed by atoms with Gasteiger partial charge in [-0.2, -0.15) is 0 Å². The van der Waals surface area contributed by atoms with Gasteiger partial charge in [0.1, 0.15) is 0 Å². The van der Waals surface area contributed by atoms with Gasteiger partial charge >= 0.3 is 4.87 Å². The molecule has 2 N–H and O–H groups in total. The molecule has 0 saturated carbocycles. The van der Waals surface area contributed by atoms with Crippen LogP contribution in [-0.4, -0.2) is 10.9 Å². The first kappa shape index (κ1) is 14.0. The van der Waals surface area contributed by atoms with Crippen molar-refractivity contribution in [2.45, 2.75) is 40.2 Å². The summed E-state index contributed by atoms with van der Waals surface area (Å²) in [4.78, 5) is 25.5. The van der Waals surface area contributed by atoms with Crippen molar-refractivity contribution >= 4 is 17.2 Å². The van der Waals surface area contributed by atoms with Gasteiger partial charge in [-0.25, -0.2) is 0 Å². The fourth-order valence-electron chi connectivity index (χ4n) is 1.79. The van der Waals surface area contributed by atoms with Crippen LogP contribution in [0.15, 0.2) is 10.2 Å². The lowest BCUT2D eigenvalue weighted by molar-refractivity contribution is -0.126. The number of nitrogens with one attached hydrogen (secondary N) is 2. The number of H-pyrrole nitrogens is 1. The van der Waals surface area contributed by atoms with Crippen molar-refractivity contribution < 1.29 is 4.79 Å². The van der Waals surface area contributed by atoms with E-state index < -0.39 is 0 Å². The summed E-state index contributed by atoms with van der Waals surface area (Å²) in [6.45, 7) is 6.61. The van der Waals surface area contributed by atoms with E-state index in [0.717, 1.165) is 29.9 Å². The van der Waals surface area contributed by atoms with Crippen molar-refractivity contribution in [3.8, 4) is 0 Å². The molecule has 0 bridgehead atoms. The number of rotatable bonds is 6. The van der Waals surface area contributed by atoms with Gasteiger partial charge < -0.3 is 10.3 Å². The van der Waals surface area contributed by atoms with Gasteiger partial charge in [0, 0.05) is 17.0 Å². The monoisotopic (exact) mass is 256 g/mol. The molecule has 0 saturated heterocycles. The van der Waals surface area contributed by atoms with Crippen LogP contribution in [0.3, 0.4) is 0 Å². The summed E-state index contributed by atoms with van der Waals surface area (Å²) < 4.78 is 0. The molecule has 1 aromatic heterocycles.